The van der Waals surface area contributed by atoms with Crippen LogP contribution in [0.1, 0.15) is 22.0 Å². The lowest BCUT2D eigenvalue weighted by molar-refractivity contribution is -0.137. The average Bonchev–Trinajstić information content (AvgIpc) is 2.95. The van der Waals surface area contributed by atoms with E-state index in [1.165, 1.54) is 17.4 Å². The summed E-state index contributed by atoms with van der Waals surface area (Å²) in [6, 6.07) is 6.78. The van der Waals surface area contributed by atoms with Crippen LogP contribution in [-0.4, -0.2) is 31.1 Å². The van der Waals surface area contributed by atoms with Crippen molar-refractivity contribution in [2.24, 2.45) is 0 Å². The molecule has 0 unspecified atom stereocenters. The second-order valence-corrected chi connectivity index (χ2v) is 7.72. The van der Waals surface area contributed by atoms with E-state index in [1.807, 2.05) is 6.07 Å². The zero-order chi connectivity index (χ0) is 17.3. The Hall–Kier alpha value is -0.790. The van der Waals surface area contributed by atoms with E-state index in [1.54, 1.807) is 6.07 Å². The summed E-state index contributed by atoms with van der Waals surface area (Å²) >= 11 is 13.7. The number of nitrogens with zero attached hydrogens (tertiary/aromatic N) is 1. The van der Waals surface area contributed by atoms with E-state index in [0.29, 0.717) is 14.9 Å². The summed E-state index contributed by atoms with van der Waals surface area (Å²) in [4.78, 5) is 3.03. The van der Waals surface area contributed by atoms with E-state index >= 15 is 0 Å². The van der Waals surface area contributed by atoms with E-state index in [9.17, 15) is 13.2 Å². The van der Waals surface area contributed by atoms with Gasteiger partial charge in [-0.05, 0) is 35.9 Å². The van der Waals surface area contributed by atoms with Gasteiger partial charge in [0.05, 0.1) is 15.9 Å². The van der Waals surface area contributed by atoms with Crippen molar-refractivity contribution in [2.75, 3.05) is 26.2 Å². The fraction of sp³-hybridized carbons (Fsp3) is 0.375. The van der Waals surface area contributed by atoms with E-state index in [0.717, 1.165) is 43.2 Å². The van der Waals surface area contributed by atoms with Gasteiger partial charge in [-0.1, -0.05) is 23.2 Å². The Bertz CT molecular complexity index is 712. The summed E-state index contributed by atoms with van der Waals surface area (Å²) in [7, 11) is 0. The topological polar surface area (TPSA) is 15.3 Å². The largest absolute Gasteiger partial charge is 0.416 e. The number of alkyl halides is 3. The van der Waals surface area contributed by atoms with Crippen LogP contribution in [0, 0.1) is 0 Å². The smallest absolute Gasteiger partial charge is 0.314 e. The summed E-state index contributed by atoms with van der Waals surface area (Å²) in [5.41, 5.74) is -0.225. The molecule has 2 aromatic rings. The first kappa shape index (κ1) is 18.0. The lowest BCUT2D eigenvalue weighted by atomic mass is 10.00. The van der Waals surface area contributed by atoms with Crippen LogP contribution in [0.2, 0.25) is 9.36 Å². The quantitative estimate of drug-likeness (QED) is 0.781. The first-order valence-corrected chi connectivity index (χ1v) is 9.00. The van der Waals surface area contributed by atoms with Crippen LogP contribution < -0.4 is 5.32 Å². The normalized spacial score (nSPS) is 17.9. The Morgan fingerprint density at radius 2 is 1.79 bits per heavy atom. The lowest BCUT2D eigenvalue weighted by Crippen LogP contribution is -2.45. The van der Waals surface area contributed by atoms with Crippen molar-refractivity contribution in [3.05, 3.63) is 55.7 Å². The Kier molecular flexibility index (Phi) is 5.42. The monoisotopic (exact) mass is 394 g/mol. The Morgan fingerprint density at radius 1 is 1.08 bits per heavy atom. The van der Waals surface area contributed by atoms with Crippen LogP contribution in [0.25, 0.3) is 0 Å². The summed E-state index contributed by atoms with van der Waals surface area (Å²) < 4.78 is 40.0. The van der Waals surface area contributed by atoms with E-state index in [-0.39, 0.29) is 6.04 Å². The molecule has 1 aliphatic rings. The average molecular weight is 395 g/mol. The van der Waals surface area contributed by atoms with Crippen molar-refractivity contribution in [1.29, 1.82) is 0 Å². The van der Waals surface area contributed by atoms with Crippen molar-refractivity contribution < 1.29 is 13.2 Å². The second kappa shape index (κ2) is 7.22. The van der Waals surface area contributed by atoms with Gasteiger partial charge < -0.3 is 5.32 Å². The van der Waals surface area contributed by atoms with Gasteiger partial charge >= 0.3 is 6.18 Å². The zero-order valence-electron chi connectivity index (χ0n) is 12.5. The van der Waals surface area contributed by atoms with Gasteiger partial charge in [0.25, 0.3) is 0 Å². The number of thiophene rings is 1. The molecular formula is C16H15Cl2F3N2S. The third-order valence-corrected chi connectivity index (χ3v) is 5.63. The van der Waals surface area contributed by atoms with Crippen LogP contribution in [0.15, 0.2) is 30.3 Å². The van der Waals surface area contributed by atoms with Gasteiger partial charge in [-0.2, -0.15) is 13.2 Å². The molecule has 3 rings (SSSR count). The molecule has 0 radical (unpaired) electrons. The number of hydrogen-bond acceptors (Lipinski definition) is 3. The molecule has 0 spiro atoms. The maximum absolute atomic E-state index is 13.1. The van der Waals surface area contributed by atoms with Gasteiger partial charge in [-0.15, -0.1) is 11.3 Å². The molecule has 1 atom stereocenters. The maximum Gasteiger partial charge on any atom is 0.416 e. The Labute approximate surface area is 152 Å². The van der Waals surface area contributed by atoms with Crippen LogP contribution in [0.5, 0.6) is 0 Å². The van der Waals surface area contributed by atoms with E-state index in [4.69, 9.17) is 23.2 Å². The van der Waals surface area contributed by atoms with Crippen molar-refractivity contribution >= 4 is 34.5 Å². The molecule has 0 amide bonds. The summed E-state index contributed by atoms with van der Waals surface area (Å²) in [5, 5.41) is 3.58. The van der Waals surface area contributed by atoms with Crippen LogP contribution in [-0.2, 0) is 6.18 Å². The summed E-state index contributed by atoms with van der Waals surface area (Å²) in [5.74, 6) is 0. The zero-order valence-corrected chi connectivity index (χ0v) is 14.9. The molecule has 0 aliphatic carbocycles. The highest BCUT2D eigenvalue weighted by atomic mass is 35.5. The van der Waals surface area contributed by atoms with Crippen LogP contribution >= 0.6 is 34.5 Å². The standard InChI is InChI=1S/C16H15Cl2F3N2S/c17-12-2-1-10(16(19,20)21)9-11(12)15(13-3-4-14(18)24-13)23-7-5-22-6-8-23/h1-4,9,15,22H,5-8H2/t15-/m0/s1. The number of piperazine rings is 1. The number of rotatable bonds is 3. The first-order chi connectivity index (χ1) is 11.4. The highest BCUT2D eigenvalue weighted by Gasteiger charge is 2.33. The molecule has 1 aliphatic heterocycles. The van der Waals surface area contributed by atoms with Crippen LogP contribution in [0.4, 0.5) is 13.2 Å². The number of nitrogens with one attached hydrogen (secondary N) is 1. The Balaban J connectivity index is 2.08. The minimum absolute atomic E-state index is 0.330. The lowest BCUT2D eigenvalue weighted by Gasteiger charge is -2.35. The molecule has 1 aromatic heterocycles. The van der Waals surface area contributed by atoms with Gasteiger partial charge in [0.1, 0.15) is 0 Å². The van der Waals surface area contributed by atoms with Gasteiger partial charge in [0.15, 0.2) is 0 Å². The van der Waals surface area contributed by atoms with Gasteiger partial charge in [-0.3, -0.25) is 4.90 Å². The molecule has 24 heavy (non-hydrogen) atoms. The summed E-state index contributed by atoms with van der Waals surface area (Å²) in [6.45, 7) is 3.03. The fourth-order valence-corrected chi connectivity index (χ4v) is 4.31. The molecule has 0 bridgehead atoms. The van der Waals surface area contributed by atoms with E-state index in [2.05, 4.69) is 10.2 Å². The SMILES string of the molecule is FC(F)(F)c1ccc(Cl)c([C@@H](c2ccc(Cl)s2)N2CCNCC2)c1. The first-order valence-electron chi connectivity index (χ1n) is 7.43. The number of benzene rings is 1. The van der Waals surface area contributed by atoms with Crippen molar-refractivity contribution in [1.82, 2.24) is 10.2 Å². The van der Waals surface area contributed by atoms with Gasteiger partial charge in [0, 0.05) is 36.1 Å². The predicted octanol–water partition coefficient (Wildman–Crippen LogP) is 5.07. The molecule has 1 saturated heterocycles. The molecule has 2 nitrogen and oxygen atoms in total. The highest BCUT2D eigenvalue weighted by Crippen LogP contribution is 2.40. The predicted molar refractivity (Wildman–Crippen MR) is 92.1 cm³/mol. The highest BCUT2D eigenvalue weighted by molar-refractivity contribution is 7.16. The molecule has 0 saturated carbocycles. The number of halogens is 5. The Morgan fingerprint density at radius 3 is 2.38 bits per heavy atom. The van der Waals surface area contributed by atoms with Crippen LogP contribution in [0.3, 0.4) is 0 Å². The van der Waals surface area contributed by atoms with Crippen molar-refractivity contribution in [2.45, 2.75) is 12.2 Å². The van der Waals surface area contributed by atoms with Gasteiger partial charge in [0.2, 0.25) is 0 Å². The summed E-state index contributed by atoms with van der Waals surface area (Å²) in [6.07, 6.45) is -4.40. The molecule has 8 heteroatoms. The third-order valence-electron chi connectivity index (χ3n) is 4.00. The molecule has 1 aromatic carbocycles. The maximum atomic E-state index is 13.1. The van der Waals surface area contributed by atoms with E-state index < -0.39 is 11.7 Å². The molecular weight excluding hydrogens is 380 g/mol. The van der Waals surface area contributed by atoms with Gasteiger partial charge in [-0.25, -0.2) is 0 Å². The number of hydrogen-bond donors (Lipinski definition) is 1. The molecule has 2 heterocycles. The minimum atomic E-state index is -4.40. The molecule has 1 fully saturated rings. The van der Waals surface area contributed by atoms with Crippen molar-refractivity contribution in [3.63, 3.8) is 0 Å². The van der Waals surface area contributed by atoms with Crippen molar-refractivity contribution in [3.8, 4) is 0 Å². The molecule has 1 N–H and O–H groups in total. The molecule has 130 valence electrons. The minimum Gasteiger partial charge on any atom is -0.314 e. The fourth-order valence-electron chi connectivity index (χ4n) is 2.88. The third kappa shape index (κ3) is 3.89. The second-order valence-electron chi connectivity index (χ2n) is 5.56.